The number of nitrogens with one attached hydrogen (secondary N) is 1. The third kappa shape index (κ3) is 2.10. The van der Waals surface area contributed by atoms with Gasteiger partial charge in [0.1, 0.15) is 0 Å². The molecule has 1 aliphatic rings. The number of rotatable bonds is 3. The van der Waals surface area contributed by atoms with Gasteiger partial charge in [-0.1, -0.05) is 12.8 Å². The molecule has 4 nitrogen and oxygen atoms in total. The Labute approximate surface area is 95.4 Å². The fourth-order valence-electron chi connectivity index (χ4n) is 2.37. The van der Waals surface area contributed by atoms with E-state index in [0.717, 1.165) is 11.4 Å². The summed E-state index contributed by atoms with van der Waals surface area (Å²) in [4.78, 5) is 18.9. The van der Waals surface area contributed by atoms with Crippen molar-refractivity contribution in [3.63, 3.8) is 0 Å². The van der Waals surface area contributed by atoms with Crippen LogP contribution in [0.3, 0.4) is 0 Å². The molecule has 0 atom stereocenters. The van der Waals surface area contributed by atoms with Crippen LogP contribution in [0.25, 0.3) is 0 Å². The van der Waals surface area contributed by atoms with E-state index in [9.17, 15) is 4.79 Å². The number of carbonyl (C=O) groups is 1. The van der Waals surface area contributed by atoms with E-state index in [1.54, 1.807) is 6.92 Å². The monoisotopic (exact) mass is 222 g/mol. The Kier molecular flexibility index (Phi) is 3.27. The molecule has 1 aromatic heterocycles. The molecule has 0 bridgehead atoms. The van der Waals surface area contributed by atoms with E-state index in [2.05, 4.69) is 9.97 Å². The van der Waals surface area contributed by atoms with E-state index in [4.69, 9.17) is 4.74 Å². The maximum absolute atomic E-state index is 11.5. The number of imidazole rings is 1. The van der Waals surface area contributed by atoms with Crippen LogP contribution in [0, 0.1) is 6.92 Å². The Bertz CT molecular complexity index is 378. The molecule has 0 unspecified atom stereocenters. The average molecular weight is 222 g/mol. The molecule has 0 aromatic carbocycles. The quantitative estimate of drug-likeness (QED) is 0.799. The van der Waals surface area contributed by atoms with Gasteiger partial charge in [-0.2, -0.15) is 0 Å². The summed E-state index contributed by atoms with van der Waals surface area (Å²) in [6.07, 6.45) is 4.92. The van der Waals surface area contributed by atoms with Crippen LogP contribution in [0.1, 0.15) is 60.5 Å². The highest BCUT2D eigenvalue weighted by atomic mass is 16.5. The fraction of sp³-hybridized carbons (Fsp3) is 0.667. The van der Waals surface area contributed by atoms with Crippen LogP contribution < -0.4 is 0 Å². The van der Waals surface area contributed by atoms with Gasteiger partial charge in [0.2, 0.25) is 5.82 Å². The first-order chi connectivity index (χ1) is 7.72. The maximum Gasteiger partial charge on any atom is 0.374 e. The number of esters is 1. The van der Waals surface area contributed by atoms with Crippen LogP contribution in [-0.2, 0) is 4.74 Å². The number of ether oxygens (including phenoxy) is 1. The van der Waals surface area contributed by atoms with E-state index in [1.165, 1.54) is 25.7 Å². The average Bonchev–Trinajstić information content (AvgIpc) is 2.86. The van der Waals surface area contributed by atoms with Gasteiger partial charge in [0.15, 0.2) is 0 Å². The van der Waals surface area contributed by atoms with Crippen LogP contribution in [0.2, 0.25) is 0 Å². The molecular formula is C12H18N2O2. The fourth-order valence-corrected chi connectivity index (χ4v) is 2.37. The van der Waals surface area contributed by atoms with Gasteiger partial charge >= 0.3 is 5.97 Å². The first-order valence-electron chi connectivity index (χ1n) is 5.96. The van der Waals surface area contributed by atoms with Crippen molar-refractivity contribution in [2.24, 2.45) is 0 Å². The zero-order valence-corrected chi connectivity index (χ0v) is 9.88. The highest BCUT2D eigenvalue weighted by Crippen LogP contribution is 2.34. The molecule has 1 aromatic rings. The normalized spacial score (nSPS) is 16.6. The number of H-pyrrole nitrogens is 1. The molecule has 0 spiro atoms. The minimum absolute atomic E-state index is 0.348. The number of aromatic nitrogens is 2. The number of aryl methyl sites for hydroxylation is 1. The third-order valence-electron chi connectivity index (χ3n) is 3.13. The zero-order chi connectivity index (χ0) is 11.5. The highest BCUT2D eigenvalue weighted by molar-refractivity contribution is 5.85. The maximum atomic E-state index is 11.5. The Hall–Kier alpha value is -1.32. The summed E-state index contributed by atoms with van der Waals surface area (Å²) in [5.74, 6) is 0.524. The van der Waals surface area contributed by atoms with Crippen molar-refractivity contribution in [3.05, 3.63) is 17.2 Å². The molecule has 1 heterocycles. The number of carbonyl (C=O) groups excluding carboxylic acids is 1. The largest absolute Gasteiger partial charge is 0.460 e. The third-order valence-corrected chi connectivity index (χ3v) is 3.13. The van der Waals surface area contributed by atoms with Gasteiger partial charge in [-0.15, -0.1) is 0 Å². The summed E-state index contributed by atoms with van der Waals surface area (Å²) in [7, 11) is 0. The second-order valence-electron chi connectivity index (χ2n) is 4.30. The van der Waals surface area contributed by atoms with Crippen molar-refractivity contribution in [2.75, 3.05) is 6.61 Å². The van der Waals surface area contributed by atoms with Crippen LogP contribution in [0.15, 0.2) is 0 Å². The molecule has 1 saturated carbocycles. The summed E-state index contributed by atoms with van der Waals surface area (Å²) >= 11 is 0. The molecule has 88 valence electrons. The molecule has 1 N–H and O–H groups in total. The molecule has 0 amide bonds. The standard InChI is InChI=1S/C12H18N2O2/c1-3-16-12(15)11-13-8(2)10(14-11)9-6-4-5-7-9/h9H,3-7H2,1-2H3,(H,13,14). The van der Waals surface area contributed by atoms with Gasteiger partial charge in [-0.25, -0.2) is 9.78 Å². The van der Waals surface area contributed by atoms with Gasteiger partial charge in [-0.3, -0.25) is 0 Å². The molecule has 16 heavy (non-hydrogen) atoms. The Balaban J connectivity index is 2.17. The van der Waals surface area contributed by atoms with Crippen LogP contribution in [-0.4, -0.2) is 22.5 Å². The second-order valence-corrected chi connectivity index (χ2v) is 4.30. The molecule has 0 saturated heterocycles. The van der Waals surface area contributed by atoms with Crippen molar-refractivity contribution >= 4 is 5.97 Å². The summed E-state index contributed by atoms with van der Waals surface area (Å²) in [5, 5.41) is 0. The first kappa shape index (κ1) is 11.2. The molecule has 4 heteroatoms. The summed E-state index contributed by atoms with van der Waals surface area (Å²) in [6.45, 7) is 4.16. The summed E-state index contributed by atoms with van der Waals surface area (Å²) in [6, 6.07) is 0. The predicted molar refractivity (Wildman–Crippen MR) is 60.5 cm³/mol. The van der Waals surface area contributed by atoms with E-state index < -0.39 is 0 Å². The van der Waals surface area contributed by atoms with Crippen LogP contribution in [0.4, 0.5) is 0 Å². The number of nitrogens with zero attached hydrogens (tertiary/aromatic N) is 1. The van der Waals surface area contributed by atoms with E-state index in [-0.39, 0.29) is 5.97 Å². The topological polar surface area (TPSA) is 55.0 Å². The molecule has 0 radical (unpaired) electrons. The van der Waals surface area contributed by atoms with Crippen molar-refractivity contribution in [2.45, 2.75) is 45.4 Å². The van der Waals surface area contributed by atoms with Gasteiger partial charge in [0.05, 0.1) is 12.3 Å². The first-order valence-corrected chi connectivity index (χ1v) is 5.96. The van der Waals surface area contributed by atoms with Crippen LogP contribution in [0.5, 0.6) is 0 Å². The Morgan fingerprint density at radius 3 is 2.81 bits per heavy atom. The molecule has 2 rings (SSSR count). The van der Waals surface area contributed by atoms with E-state index in [0.29, 0.717) is 18.3 Å². The molecular weight excluding hydrogens is 204 g/mol. The smallest absolute Gasteiger partial charge is 0.374 e. The Morgan fingerprint density at radius 2 is 2.19 bits per heavy atom. The zero-order valence-electron chi connectivity index (χ0n) is 9.88. The Morgan fingerprint density at radius 1 is 1.50 bits per heavy atom. The minimum Gasteiger partial charge on any atom is -0.460 e. The lowest BCUT2D eigenvalue weighted by Gasteiger charge is -2.05. The van der Waals surface area contributed by atoms with Crippen molar-refractivity contribution < 1.29 is 9.53 Å². The van der Waals surface area contributed by atoms with Crippen molar-refractivity contribution in [1.82, 2.24) is 9.97 Å². The highest BCUT2D eigenvalue weighted by Gasteiger charge is 2.23. The van der Waals surface area contributed by atoms with E-state index >= 15 is 0 Å². The second kappa shape index (κ2) is 4.68. The minimum atomic E-state index is -0.352. The SMILES string of the molecule is CCOC(=O)c1nc(C2CCCC2)c(C)[nH]1. The van der Waals surface area contributed by atoms with Crippen LogP contribution >= 0.6 is 0 Å². The number of hydrogen-bond donors (Lipinski definition) is 1. The summed E-state index contributed by atoms with van der Waals surface area (Å²) < 4.78 is 4.93. The number of hydrogen-bond acceptors (Lipinski definition) is 3. The molecule has 1 aliphatic carbocycles. The lowest BCUT2D eigenvalue weighted by molar-refractivity contribution is 0.0513. The van der Waals surface area contributed by atoms with E-state index in [1.807, 2.05) is 6.92 Å². The molecule has 0 aliphatic heterocycles. The van der Waals surface area contributed by atoms with Gasteiger partial charge < -0.3 is 9.72 Å². The lowest BCUT2D eigenvalue weighted by atomic mass is 10.0. The number of aromatic amines is 1. The van der Waals surface area contributed by atoms with Gasteiger partial charge in [0.25, 0.3) is 0 Å². The van der Waals surface area contributed by atoms with Gasteiger partial charge in [0, 0.05) is 11.6 Å². The molecule has 1 fully saturated rings. The van der Waals surface area contributed by atoms with Gasteiger partial charge in [-0.05, 0) is 26.7 Å². The summed E-state index contributed by atoms with van der Waals surface area (Å²) in [5.41, 5.74) is 2.07. The predicted octanol–water partition coefficient (Wildman–Crippen LogP) is 2.55. The van der Waals surface area contributed by atoms with Crippen molar-refractivity contribution in [3.8, 4) is 0 Å². The lowest BCUT2D eigenvalue weighted by Crippen LogP contribution is -2.07. The van der Waals surface area contributed by atoms with Crippen molar-refractivity contribution in [1.29, 1.82) is 0 Å².